The van der Waals surface area contributed by atoms with Crippen LogP contribution in [0, 0.1) is 11.8 Å². The number of hydrogen-bond acceptors (Lipinski definition) is 2. The van der Waals surface area contributed by atoms with Gasteiger partial charge in [-0.2, -0.15) is 13.2 Å². The third kappa shape index (κ3) is 4.04. The first-order valence-electron chi connectivity index (χ1n) is 6.98. The minimum atomic E-state index is -4.66. The van der Waals surface area contributed by atoms with E-state index in [2.05, 4.69) is 15.9 Å². The van der Waals surface area contributed by atoms with E-state index in [1.54, 1.807) is 6.92 Å². The molecule has 0 aromatic heterocycles. The van der Waals surface area contributed by atoms with E-state index < -0.39 is 35.1 Å². The number of benzene rings is 1. The van der Waals surface area contributed by atoms with Crippen molar-refractivity contribution in [2.24, 2.45) is 11.8 Å². The third-order valence-electron chi connectivity index (χ3n) is 3.81. The second-order valence-electron chi connectivity index (χ2n) is 5.77. The molecule has 1 aliphatic rings. The summed E-state index contributed by atoms with van der Waals surface area (Å²) in [5, 5.41) is 9.12. The average molecular weight is 394 g/mol. The number of piperidine rings is 1. The van der Waals surface area contributed by atoms with E-state index in [1.807, 2.05) is 0 Å². The van der Waals surface area contributed by atoms with Crippen molar-refractivity contribution in [1.82, 2.24) is 4.90 Å². The van der Waals surface area contributed by atoms with Crippen LogP contribution < -0.4 is 0 Å². The highest BCUT2D eigenvalue weighted by Gasteiger charge is 2.38. The van der Waals surface area contributed by atoms with E-state index in [9.17, 15) is 22.8 Å². The van der Waals surface area contributed by atoms with Crippen molar-refractivity contribution in [3.05, 3.63) is 33.8 Å². The number of carboxylic acids is 1. The van der Waals surface area contributed by atoms with Gasteiger partial charge in [0, 0.05) is 17.6 Å². The van der Waals surface area contributed by atoms with E-state index in [1.165, 1.54) is 11.0 Å². The van der Waals surface area contributed by atoms with Crippen molar-refractivity contribution in [2.75, 3.05) is 13.1 Å². The van der Waals surface area contributed by atoms with Gasteiger partial charge in [0.15, 0.2) is 0 Å². The van der Waals surface area contributed by atoms with E-state index >= 15 is 0 Å². The number of nitrogens with zero attached hydrogens (tertiary/aromatic N) is 1. The Morgan fingerprint density at radius 3 is 2.52 bits per heavy atom. The van der Waals surface area contributed by atoms with E-state index in [4.69, 9.17) is 5.11 Å². The van der Waals surface area contributed by atoms with Gasteiger partial charge < -0.3 is 10.0 Å². The van der Waals surface area contributed by atoms with Crippen molar-refractivity contribution in [2.45, 2.75) is 19.5 Å². The van der Waals surface area contributed by atoms with Crippen LogP contribution in [0.15, 0.2) is 22.7 Å². The lowest BCUT2D eigenvalue weighted by atomic mass is 9.90. The van der Waals surface area contributed by atoms with Gasteiger partial charge in [-0.1, -0.05) is 22.9 Å². The number of carboxylic acid groups (broad SMARTS) is 1. The van der Waals surface area contributed by atoms with E-state index in [-0.39, 0.29) is 23.5 Å². The summed E-state index contributed by atoms with van der Waals surface area (Å²) in [6.07, 6.45) is -4.26. The summed E-state index contributed by atoms with van der Waals surface area (Å²) in [7, 11) is 0. The fraction of sp³-hybridized carbons (Fsp3) is 0.467. The molecule has 1 fully saturated rings. The second-order valence-corrected chi connectivity index (χ2v) is 6.69. The highest BCUT2D eigenvalue weighted by atomic mass is 79.9. The summed E-state index contributed by atoms with van der Waals surface area (Å²) in [5.41, 5.74) is -1.49. The van der Waals surface area contributed by atoms with Gasteiger partial charge in [-0.05, 0) is 30.5 Å². The Hall–Kier alpha value is -1.57. The van der Waals surface area contributed by atoms with E-state index in [0.29, 0.717) is 6.42 Å². The number of carbonyl (C=O) groups excluding carboxylic acids is 1. The number of alkyl halides is 3. The Kier molecular flexibility index (Phi) is 5.03. The van der Waals surface area contributed by atoms with Crippen molar-refractivity contribution in [1.29, 1.82) is 0 Å². The lowest BCUT2D eigenvalue weighted by Gasteiger charge is -2.35. The van der Waals surface area contributed by atoms with Gasteiger partial charge in [0.2, 0.25) is 0 Å². The zero-order valence-electron chi connectivity index (χ0n) is 12.2. The Morgan fingerprint density at radius 1 is 1.30 bits per heavy atom. The fourth-order valence-corrected chi connectivity index (χ4v) is 3.17. The highest BCUT2D eigenvalue weighted by Crippen LogP contribution is 2.35. The van der Waals surface area contributed by atoms with Crippen molar-refractivity contribution in [3.8, 4) is 0 Å². The predicted molar refractivity (Wildman–Crippen MR) is 80.0 cm³/mol. The van der Waals surface area contributed by atoms with Crippen molar-refractivity contribution < 1.29 is 27.9 Å². The molecule has 1 saturated heterocycles. The molecule has 8 heteroatoms. The maximum Gasteiger partial charge on any atom is 0.417 e. The van der Waals surface area contributed by atoms with Gasteiger partial charge in [-0.25, -0.2) is 0 Å². The topological polar surface area (TPSA) is 57.6 Å². The van der Waals surface area contributed by atoms with Gasteiger partial charge >= 0.3 is 12.1 Å². The van der Waals surface area contributed by atoms with Crippen molar-refractivity contribution in [3.63, 3.8) is 0 Å². The molecular formula is C15H15BrF3NO3. The molecule has 1 amide bonds. The number of likely N-dealkylation sites (tertiary alicyclic amines) is 1. The Bertz CT molecular complexity index is 633. The molecule has 126 valence electrons. The molecule has 23 heavy (non-hydrogen) atoms. The number of aliphatic carboxylic acids is 1. The molecule has 1 aromatic carbocycles. The summed E-state index contributed by atoms with van der Waals surface area (Å²) in [6.45, 7) is 1.95. The summed E-state index contributed by atoms with van der Waals surface area (Å²) in [6, 6.07) is 3.34. The summed E-state index contributed by atoms with van der Waals surface area (Å²) in [4.78, 5) is 24.9. The standard InChI is InChI=1S/C15H15BrF3NO3/c1-8-4-9(14(22)23)7-20(6-8)13(21)11-3-2-10(16)5-12(11)15(17,18)19/h2-3,5,8-9H,4,6-7H2,1H3,(H,22,23). The summed E-state index contributed by atoms with van der Waals surface area (Å²) >= 11 is 2.97. The minimum Gasteiger partial charge on any atom is -0.481 e. The van der Waals surface area contributed by atoms with Crippen LogP contribution in [0.5, 0.6) is 0 Å². The number of carbonyl (C=O) groups is 2. The smallest absolute Gasteiger partial charge is 0.417 e. The van der Waals surface area contributed by atoms with Crippen LogP contribution in [0.3, 0.4) is 0 Å². The molecule has 0 radical (unpaired) electrons. The lowest BCUT2D eigenvalue weighted by Crippen LogP contribution is -2.46. The second kappa shape index (κ2) is 6.51. The normalized spacial score (nSPS) is 22.0. The van der Waals surface area contributed by atoms with Crippen LogP contribution in [0.25, 0.3) is 0 Å². The predicted octanol–water partition coefficient (Wildman–Crippen LogP) is 3.65. The molecule has 0 saturated carbocycles. The fourth-order valence-electron chi connectivity index (χ4n) is 2.80. The zero-order chi connectivity index (χ0) is 17.4. The van der Waals surface area contributed by atoms with Gasteiger partial charge in [-0.3, -0.25) is 9.59 Å². The molecule has 1 N–H and O–H groups in total. The first kappa shape index (κ1) is 17.8. The van der Waals surface area contributed by atoms with E-state index in [0.717, 1.165) is 12.1 Å². The van der Waals surface area contributed by atoms with Gasteiger partial charge in [0.25, 0.3) is 5.91 Å². The molecule has 1 aliphatic heterocycles. The molecule has 0 bridgehead atoms. The molecular weight excluding hydrogens is 379 g/mol. The van der Waals surface area contributed by atoms with Gasteiger partial charge in [0.05, 0.1) is 17.0 Å². The minimum absolute atomic E-state index is 0.0775. The maximum absolute atomic E-state index is 13.2. The first-order chi connectivity index (χ1) is 10.6. The van der Waals surface area contributed by atoms with Crippen LogP contribution in [-0.2, 0) is 11.0 Å². The molecule has 2 rings (SSSR count). The van der Waals surface area contributed by atoms with Crippen LogP contribution in [0.4, 0.5) is 13.2 Å². The molecule has 0 aliphatic carbocycles. The average Bonchev–Trinajstić information content (AvgIpc) is 2.44. The largest absolute Gasteiger partial charge is 0.481 e. The van der Waals surface area contributed by atoms with Crippen LogP contribution in [0.2, 0.25) is 0 Å². The third-order valence-corrected chi connectivity index (χ3v) is 4.31. The molecule has 1 heterocycles. The quantitative estimate of drug-likeness (QED) is 0.833. The Morgan fingerprint density at radius 2 is 1.96 bits per heavy atom. The number of rotatable bonds is 2. The maximum atomic E-state index is 13.2. The molecule has 0 spiro atoms. The monoisotopic (exact) mass is 393 g/mol. The van der Waals surface area contributed by atoms with Crippen LogP contribution in [0.1, 0.15) is 29.3 Å². The number of hydrogen-bond donors (Lipinski definition) is 1. The molecule has 4 nitrogen and oxygen atoms in total. The number of amides is 1. The van der Waals surface area contributed by atoms with Crippen LogP contribution >= 0.6 is 15.9 Å². The number of halogens is 4. The molecule has 2 unspecified atom stereocenters. The molecule has 1 aromatic rings. The van der Waals surface area contributed by atoms with Crippen LogP contribution in [-0.4, -0.2) is 35.0 Å². The summed E-state index contributed by atoms with van der Waals surface area (Å²) in [5.74, 6) is -2.67. The first-order valence-corrected chi connectivity index (χ1v) is 7.77. The summed E-state index contributed by atoms with van der Waals surface area (Å²) < 4.78 is 39.7. The Labute approximate surface area is 139 Å². The lowest BCUT2D eigenvalue weighted by molar-refractivity contribution is -0.144. The highest BCUT2D eigenvalue weighted by molar-refractivity contribution is 9.10. The zero-order valence-corrected chi connectivity index (χ0v) is 13.8. The Balaban J connectivity index is 2.35. The van der Waals surface area contributed by atoms with Crippen molar-refractivity contribution >= 4 is 27.8 Å². The SMILES string of the molecule is CC1CC(C(=O)O)CN(C(=O)c2ccc(Br)cc2C(F)(F)F)C1. The molecule has 2 atom stereocenters. The van der Waals surface area contributed by atoms with Gasteiger partial charge in [-0.15, -0.1) is 0 Å². The van der Waals surface area contributed by atoms with Gasteiger partial charge in [0.1, 0.15) is 0 Å².